The molecule has 0 heterocycles. The van der Waals surface area contributed by atoms with Crippen LogP contribution in [0.25, 0.3) is 0 Å². The first-order chi connectivity index (χ1) is 7.91. The number of halogens is 1. The highest BCUT2D eigenvalue weighted by Gasteiger charge is 2.15. The molecular weight excluding hydrogens is 242 g/mol. The Kier molecular flexibility index (Phi) is 4.52. The van der Waals surface area contributed by atoms with E-state index in [9.17, 15) is 9.59 Å². The predicted octanol–water partition coefficient (Wildman–Crippen LogP) is 1.78. The van der Waals surface area contributed by atoms with Crippen molar-refractivity contribution in [3.63, 3.8) is 0 Å². The monoisotopic (exact) mass is 255 g/mol. The molecule has 1 unspecified atom stereocenters. The summed E-state index contributed by atoms with van der Waals surface area (Å²) in [4.78, 5) is 22.1. The molecule has 92 valence electrons. The highest BCUT2D eigenvalue weighted by molar-refractivity contribution is 6.32. The summed E-state index contributed by atoms with van der Waals surface area (Å²) in [6.07, 6.45) is 0.0815. The molecule has 0 aliphatic carbocycles. The number of carboxylic acids is 1. The van der Waals surface area contributed by atoms with Gasteiger partial charge in [0.15, 0.2) is 0 Å². The van der Waals surface area contributed by atoms with Crippen LogP contribution in [0.4, 0.5) is 0 Å². The maximum Gasteiger partial charge on any atom is 0.325 e. The zero-order valence-electron chi connectivity index (χ0n) is 9.66. The van der Waals surface area contributed by atoms with Gasteiger partial charge in [0.05, 0.1) is 6.42 Å². The van der Waals surface area contributed by atoms with E-state index in [2.05, 4.69) is 5.32 Å². The number of hydrogen-bond acceptors (Lipinski definition) is 2. The number of benzene rings is 1. The Labute approximate surface area is 105 Å². The molecule has 0 radical (unpaired) electrons. The van der Waals surface area contributed by atoms with E-state index < -0.39 is 12.0 Å². The summed E-state index contributed by atoms with van der Waals surface area (Å²) in [6.45, 7) is 3.27. The number of carboxylic acid groups (broad SMARTS) is 1. The number of amides is 1. The molecule has 1 aromatic carbocycles. The standard InChI is InChI=1S/C12H14ClNO3/c1-7-4-3-5-9(11(7)13)6-10(15)14-8(2)12(16)17/h3-5,8H,6H2,1-2H3,(H,14,15)(H,16,17). The van der Waals surface area contributed by atoms with Crippen LogP contribution in [0.2, 0.25) is 5.02 Å². The summed E-state index contributed by atoms with van der Waals surface area (Å²) in [6, 6.07) is 4.51. The van der Waals surface area contributed by atoms with Gasteiger partial charge in [-0.1, -0.05) is 29.8 Å². The molecule has 0 aliphatic rings. The summed E-state index contributed by atoms with van der Waals surface area (Å²) in [5.74, 6) is -1.42. The number of aliphatic carboxylic acids is 1. The number of hydrogen-bond donors (Lipinski definition) is 2. The summed E-state index contributed by atoms with van der Waals surface area (Å²) in [5.41, 5.74) is 1.59. The van der Waals surface area contributed by atoms with Gasteiger partial charge < -0.3 is 10.4 Å². The normalized spacial score (nSPS) is 11.9. The van der Waals surface area contributed by atoms with Crippen LogP contribution in [-0.4, -0.2) is 23.0 Å². The van der Waals surface area contributed by atoms with Gasteiger partial charge in [0.2, 0.25) is 5.91 Å². The van der Waals surface area contributed by atoms with Gasteiger partial charge in [0.25, 0.3) is 0 Å². The number of carbonyl (C=O) groups is 2. The Bertz CT molecular complexity index is 445. The van der Waals surface area contributed by atoms with E-state index >= 15 is 0 Å². The summed E-state index contributed by atoms with van der Waals surface area (Å²) >= 11 is 6.04. The van der Waals surface area contributed by atoms with Crippen molar-refractivity contribution in [1.82, 2.24) is 5.32 Å². The summed E-state index contributed by atoms with van der Waals surface area (Å²) in [5, 5.41) is 11.6. The van der Waals surface area contributed by atoms with E-state index in [0.29, 0.717) is 10.6 Å². The lowest BCUT2D eigenvalue weighted by atomic mass is 10.1. The molecule has 1 amide bonds. The van der Waals surface area contributed by atoms with Crippen molar-refractivity contribution in [2.75, 3.05) is 0 Å². The SMILES string of the molecule is Cc1cccc(CC(=O)NC(C)C(=O)O)c1Cl. The zero-order chi connectivity index (χ0) is 13.0. The van der Waals surface area contributed by atoms with E-state index in [1.807, 2.05) is 19.1 Å². The van der Waals surface area contributed by atoms with Crippen molar-refractivity contribution >= 4 is 23.5 Å². The van der Waals surface area contributed by atoms with Crippen LogP contribution in [0.5, 0.6) is 0 Å². The van der Waals surface area contributed by atoms with Gasteiger partial charge in [-0.3, -0.25) is 9.59 Å². The molecule has 1 aromatic rings. The Morgan fingerprint density at radius 3 is 2.71 bits per heavy atom. The van der Waals surface area contributed by atoms with Crippen molar-refractivity contribution in [2.24, 2.45) is 0 Å². The van der Waals surface area contributed by atoms with Crippen molar-refractivity contribution < 1.29 is 14.7 Å². The average molecular weight is 256 g/mol. The van der Waals surface area contributed by atoms with Crippen LogP contribution in [0.1, 0.15) is 18.1 Å². The third-order valence-corrected chi connectivity index (χ3v) is 2.91. The lowest BCUT2D eigenvalue weighted by Crippen LogP contribution is -2.39. The van der Waals surface area contributed by atoms with E-state index in [1.54, 1.807) is 6.07 Å². The van der Waals surface area contributed by atoms with Gasteiger partial charge in [-0.15, -0.1) is 0 Å². The first-order valence-corrected chi connectivity index (χ1v) is 5.55. The average Bonchev–Trinajstić information content (AvgIpc) is 2.24. The molecule has 1 rings (SSSR count). The quantitative estimate of drug-likeness (QED) is 0.862. The Morgan fingerprint density at radius 1 is 1.47 bits per heavy atom. The van der Waals surface area contributed by atoms with Crippen LogP contribution >= 0.6 is 11.6 Å². The molecule has 0 aliphatic heterocycles. The number of rotatable bonds is 4. The first kappa shape index (κ1) is 13.5. The van der Waals surface area contributed by atoms with Crippen molar-refractivity contribution in [3.8, 4) is 0 Å². The second kappa shape index (κ2) is 5.68. The third kappa shape index (κ3) is 3.75. The van der Waals surface area contributed by atoms with Gasteiger partial charge in [-0.2, -0.15) is 0 Å². The minimum Gasteiger partial charge on any atom is -0.480 e. The summed E-state index contributed by atoms with van der Waals surface area (Å²) in [7, 11) is 0. The number of carbonyl (C=O) groups excluding carboxylic acids is 1. The lowest BCUT2D eigenvalue weighted by Gasteiger charge is -2.10. The smallest absolute Gasteiger partial charge is 0.325 e. The van der Waals surface area contributed by atoms with E-state index in [1.165, 1.54) is 6.92 Å². The minimum atomic E-state index is -1.06. The fourth-order valence-corrected chi connectivity index (χ4v) is 1.56. The van der Waals surface area contributed by atoms with E-state index in [-0.39, 0.29) is 12.3 Å². The molecule has 0 aromatic heterocycles. The summed E-state index contributed by atoms with van der Waals surface area (Å²) < 4.78 is 0. The molecule has 2 N–H and O–H groups in total. The Morgan fingerprint density at radius 2 is 2.12 bits per heavy atom. The molecule has 0 spiro atoms. The lowest BCUT2D eigenvalue weighted by molar-refractivity contribution is -0.141. The highest BCUT2D eigenvalue weighted by atomic mass is 35.5. The van der Waals surface area contributed by atoms with E-state index in [0.717, 1.165) is 5.56 Å². The second-order valence-corrected chi connectivity index (χ2v) is 4.23. The number of nitrogens with one attached hydrogen (secondary N) is 1. The van der Waals surface area contributed by atoms with E-state index in [4.69, 9.17) is 16.7 Å². The molecule has 0 saturated carbocycles. The molecule has 0 fully saturated rings. The highest BCUT2D eigenvalue weighted by Crippen LogP contribution is 2.20. The molecule has 0 saturated heterocycles. The fourth-order valence-electron chi connectivity index (χ4n) is 1.37. The van der Waals surface area contributed by atoms with Crippen LogP contribution in [0.15, 0.2) is 18.2 Å². The molecule has 0 bridgehead atoms. The molecular formula is C12H14ClNO3. The molecule has 1 atom stereocenters. The third-order valence-electron chi connectivity index (χ3n) is 2.37. The predicted molar refractivity (Wildman–Crippen MR) is 65.1 cm³/mol. The van der Waals surface area contributed by atoms with Gasteiger partial charge in [0, 0.05) is 5.02 Å². The van der Waals surface area contributed by atoms with Crippen LogP contribution < -0.4 is 5.32 Å². The van der Waals surface area contributed by atoms with Crippen molar-refractivity contribution in [1.29, 1.82) is 0 Å². The fraction of sp³-hybridized carbons (Fsp3) is 0.333. The van der Waals surface area contributed by atoms with Gasteiger partial charge in [-0.05, 0) is 25.0 Å². The van der Waals surface area contributed by atoms with Crippen molar-refractivity contribution in [2.45, 2.75) is 26.3 Å². The van der Waals surface area contributed by atoms with Gasteiger partial charge in [0.1, 0.15) is 6.04 Å². The topological polar surface area (TPSA) is 66.4 Å². The Balaban J connectivity index is 2.69. The van der Waals surface area contributed by atoms with Crippen molar-refractivity contribution in [3.05, 3.63) is 34.3 Å². The van der Waals surface area contributed by atoms with Gasteiger partial charge in [-0.25, -0.2) is 0 Å². The van der Waals surface area contributed by atoms with Crippen LogP contribution in [0, 0.1) is 6.92 Å². The largest absolute Gasteiger partial charge is 0.480 e. The second-order valence-electron chi connectivity index (χ2n) is 3.85. The molecule has 4 nitrogen and oxygen atoms in total. The van der Waals surface area contributed by atoms with Gasteiger partial charge >= 0.3 is 5.97 Å². The molecule has 5 heteroatoms. The van der Waals surface area contributed by atoms with Crippen LogP contribution in [-0.2, 0) is 16.0 Å². The Hall–Kier alpha value is -1.55. The minimum absolute atomic E-state index is 0.0815. The maximum atomic E-state index is 11.6. The number of aryl methyl sites for hydroxylation is 1. The molecule has 17 heavy (non-hydrogen) atoms. The first-order valence-electron chi connectivity index (χ1n) is 5.18. The van der Waals surface area contributed by atoms with Crippen LogP contribution in [0.3, 0.4) is 0 Å². The zero-order valence-corrected chi connectivity index (χ0v) is 10.4. The maximum absolute atomic E-state index is 11.6.